The molecule has 0 heterocycles. The van der Waals surface area contributed by atoms with Crippen molar-refractivity contribution in [2.75, 3.05) is 0 Å². The van der Waals surface area contributed by atoms with Gasteiger partial charge in [-0.1, -0.05) is 0 Å². The summed E-state index contributed by atoms with van der Waals surface area (Å²) < 4.78 is 42.4. The number of nitrogens with zero attached hydrogens (tertiary/aromatic N) is 2. The molecule has 2 rings (SSSR count). The molecule has 0 radical (unpaired) electrons. The Labute approximate surface area is 134 Å². The van der Waals surface area contributed by atoms with Gasteiger partial charge in [-0.3, -0.25) is 20.2 Å². The van der Waals surface area contributed by atoms with Crippen LogP contribution in [0.3, 0.4) is 0 Å². The number of hydrogen-bond donors (Lipinski definition) is 0. The summed E-state index contributed by atoms with van der Waals surface area (Å²) in [5.74, 6) is -1.72. The first-order chi connectivity index (χ1) is 11.1. The molecule has 0 amide bonds. The summed E-state index contributed by atoms with van der Waals surface area (Å²) in [6, 6.07) is 5.02. The van der Waals surface area contributed by atoms with Crippen LogP contribution < -0.4 is 4.18 Å². The number of hydrogen-bond acceptors (Lipinski definition) is 7. The highest BCUT2D eigenvalue weighted by molar-refractivity contribution is 7.87. The van der Waals surface area contributed by atoms with Crippen molar-refractivity contribution in [3.8, 4) is 5.75 Å². The Balaban J connectivity index is 2.48. The second-order valence-corrected chi connectivity index (χ2v) is 6.13. The fraction of sp³-hybridized carbons (Fsp3) is 0.0769. The molecule has 0 fully saturated rings. The lowest BCUT2D eigenvalue weighted by atomic mass is 10.2. The van der Waals surface area contributed by atoms with Crippen LogP contribution in [0.15, 0.2) is 41.3 Å². The van der Waals surface area contributed by atoms with Gasteiger partial charge in [-0.2, -0.15) is 8.42 Å². The van der Waals surface area contributed by atoms with Gasteiger partial charge in [0.25, 0.3) is 5.69 Å². The normalized spacial score (nSPS) is 11.1. The number of benzene rings is 2. The number of nitro benzene ring substituents is 2. The Morgan fingerprint density at radius 1 is 1.04 bits per heavy atom. The highest BCUT2D eigenvalue weighted by Gasteiger charge is 2.26. The molecule has 9 nitrogen and oxygen atoms in total. The molecule has 0 unspecified atom stereocenters. The molecule has 2 aromatic rings. The van der Waals surface area contributed by atoms with E-state index in [4.69, 9.17) is 0 Å². The van der Waals surface area contributed by atoms with E-state index >= 15 is 0 Å². The van der Waals surface area contributed by atoms with Crippen LogP contribution >= 0.6 is 0 Å². The maximum atomic E-state index is 13.2. The van der Waals surface area contributed by atoms with Gasteiger partial charge in [-0.25, -0.2) is 4.39 Å². The number of aryl methyl sites for hydroxylation is 1. The summed E-state index contributed by atoms with van der Waals surface area (Å²) in [4.78, 5) is 19.5. The van der Waals surface area contributed by atoms with Crippen molar-refractivity contribution < 1.29 is 26.8 Å². The minimum absolute atomic E-state index is 0.00301. The van der Waals surface area contributed by atoms with Crippen molar-refractivity contribution in [3.05, 3.63) is 68.0 Å². The van der Waals surface area contributed by atoms with Crippen molar-refractivity contribution in [1.29, 1.82) is 0 Å². The number of nitro groups is 2. The second-order valence-electron chi connectivity index (χ2n) is 4.61. The predicted molar refractivity (Wildman–Crippen MR) is 78.7 cm³/mol. The van der Waals surface area contributed by atoms with E-state index in [-0.39, 0.29) is 11.3 Å². The van der Waals surface area contributed by atoms with Crippen LogP contribution in [0.25, 0.3) is 0 Å². The minimum Gasteiger partial charge on any atom is -0.371 e. The third-order valence-electron chi connectivity index (χ3n) is 2.96. The molecule has 0 saturated heterocycles. The largest absolute Gasteiger partial charge is 0.371 e. The van der Waals surface area contributed by atoms with Crippen LogP contribution in [0, 0.1) is 33.0 Å². The van der Waals surface area contributed by atoms with Gasteiger partial charge in [0.2, 0.25) is 5.75 Å². The Morgan fingerprint density at radius 3 is 2.25 bits per heavy atom. The predicted octanol–water partition coefficient (Wildman–Crippen LogP) is 2.72. The van der Waals surface area contributed by atoms with Crippen molar-refractivity contribution in [2.45, 2.75) is 11.8 Å². The van der Waals surface area contributed by atoms with E-state index in [1.807, 2.05) is 0 Å². The van der Waals surface area contributed by atoms with Gasteiger partial charge in [0.1, 0.15) is 10.7 Å². The zero-order valence-corrected chi connectivity index (χ0v) is 12.8. The quantitative estimate of drug-likeness (QED) is 0.457. The lowest BCUT2D eigenvalue weighted by Crippen LogP contribution is -2.12. The van der Waals surface area contributed by atoms with Gasteiger partial charge in [0.15, 0.2) is 0 Å². The molecular weight excluding hydrogens is 347 g/mol. The third kappa shape index (κ3) is 3.46. The average molecular weight is 356 g/mol. The summed E-state index contributed by atoms with van der Waals surface area (Å²) in [7, 11) is -4.55. The van der Waals surface area contributed by atoms with E-state index in [0.717, 1.165) is 30.3 Å². The van der Waals surface area contributed by atoms with E-state index in [0.29, 0.717) is 6.07 Å². The van der Waals surface area contributed by atoms with Gasteiger partial charge >= 0.3 is 15.8 Å². The van der Waals surface area contributed by atoms with Gasteiger partial charge in [0.05, 0.1) is 9.85 Å². The molecular formula is C13H9FN2O7S. The zero-order valence-electron chi connectivity index (χ0n) is 12.0. The lowest BCUT2D eigenvalue weighted by Gasteiger charge is -2.09. The SMILES string of the molecule is Cc1cc([N+](=O)[O-])ccc1S(=O)(=O)Oc1cc(F)ccc1[N+](=O)[O-]. The van der Waals surface area contributed by atoms with E-state index < -0.39 is 42.1 Å². The first kappa shape index (κ1) is 17.3. The number of non-ortho nitro benzene ring substituents is 1. The molecule has 0 spiro atoms. The molecule has 2 aromatic carbocycles. The molecule has 0 aliphatic carbocycles. The summed E-state index contributed by atoms with van der Waals surface area (Å²) in [6.45, 7) is 1.29. The fourth-order valence-corrected chi connectivity index (χ4v) is 3.04. The molecule has 0 aliphatic heterocycles. The summed E-state index contributed by atoms with van der Waals surface area (Å²) in [5.41, 5.74) is -1.06. The average Bonchev–Trinajstić information content (AvgIpc) is 2.45. The summed E-state index contributed by atoms with van der Waals surface area (Å²) in [5, 5.41) is 21.5. The first-order valence-corrected chi connectivity index (χ1v) is 7.66. The standard InChI is InChI=1S/C13H9FN2O7S/c1-8-6-10(15(17)18)3-5-13(8)24(21,22)23-12-7-9(14)2-4-11(12)16(19)20/h2-7H,1H3. The molecule has 0 aliphatic rings. The lowest BCUT2D eigenvalue weighted by molar-refractivity contribution is -0.385. The van der Waals surface area contributed by atoms with Gasteiger partial charge < -0.3 is 4.18 Å². The van der Waals surface area contributed by atoms with E-state index in [1.54, 1.807) is 0 Å². The second kappa shape index (κ2) is 6.20. The zero-order chi connectivity index (χ0) is 18.1. The maximum Gasteiger partial charge on any atom is 0.339 e. The Kier molecular flexibility index (Phi) is 4.46. The molecule has 0 atom stereocenters. The topological polar surface area (TPSA) is 130 Å². The number of halogens is 1. The molecule has 11 heteroatoms. The van der Waals surface area contributed by atoms with Crippen molar-refractivity contribution >= 4 is 21.5 Å². The monoisotopic (exact) mass is 356 g/mol. The molecule has 0 saturated carbocycles. The third-order valence-corrected chi connectivity index (χ3v) is 4.35. The van der Waals surface area contributed by atoms with Crippen LogP contribution in [-0.4, -0.2) is 18.3 Å². The molecule has 0 aromatic heterocycles. The molecule has 126 valence electrons. The number of rotatable bonds is 5. The van der Waals surface area contributed by atoms with E-state index in [9.17, 15) is 33.0 Å². The minimum atomic E-state index is -4.55. The van der Waals surface area contributed by atoms with Crippen molar-refractivity contribution in [1.82, 2.24) is 0 Å². The Morgan fingerprint density at radius 2 is 1.71 bits per heavy atom. The smallest absolute Gasteiger partial charge is 0.339 e. The molecule has 0 N–H and O–H groups in total. The van der Waals surface area contributed by atoms with Crippen molar-refractivity contribution in [3.63, 3.8) is 0 Å². The van der Waals surface area contributed by atoms with Crippen LogP contribution in [0.1, 0.15) is 5.56 Å². The Bertz CT molecular complexity index is 943. The maximum absolute atomic E-state index is 13.2. The first-order valence-electron chi connectivity index (χ1n) is 6.25. The van der Waals surface area contributed by atoms with Crippen LogP contribution in [0.2, 0.25) is 0 Å². The van der Waals surface area contributed by atoms with E-state index in [2.05, 4.69) is 4.18 Å². The van der Waals surface area contributed by atoms with Crippen LogP contribution in [0.4, 0.5) is 15.8 Å². The van der Waals surface area contributed by atoms with Crippen LogP contribution in [-0.2, 0) is 10.1 Å². The van der Waals surface area contributed by atoms with Gasteiger partial charge in [-0.05, 0) is 24.6 Å². The van der Waals surface area contributed by atoms with E-state index in [1.165, 1.54) is 6.92 Å². The highest BCUT2D eigenvalue weighted by atomic mass is 32.2. The highest BCUT2D eigenvalue weighted by Crippen LogP contribution is 2.31. The van der Waals surface area contributed by atoms with Crippen molar-refractivity contribution in [2.24, 2.45) is 0 Å². The summed E-state index contributed by atoms with van der Waals surface area (Å²) >= 11 is 0. The Hall–Kier alpha value is -3.08. The molecule has 24 heavy (non-hydrogen) atoms. The summed E-state index contributed by atoms with van der Waals surface area (Å²) in [6.07, 6.45) is 0. The van der Waals surface area contributed by atoms with Crippen LogP contribution in [0.5, 0.6) is 5.75 Å². The van der Waals surface area contributed by atoms with Gasteiger partial charge in [-0.15, -0.1) is 0 Å². The van der Waals surface area contributed by atoms with Gasteiger partial charge in [0, 0.05) is 24.3 Å². The molecule has 0 bridgehead atoms. The fourth-order valence-electron chi connectivity index (χ4n) is 1.90.